The van der Waals surface area contributed by atoms with Gasteiger partial charge in [-0.2, -0.15) is 0 Å². The Hall–Kier alpha value is -2.08. The van der Waals surface area contributed by atoms with Crippen LogP contribution in [0.3, 0.4) is 0 Å². The van der Waals surface area contributed by atoms with Gasteiger partial charge in [-0.15, -0.1) is 0 Å². The van der Waals surface area contributed by atoms with Crippen LogP contribution in [0.1, 0.15) is 18.1 Å². The van der Waals surface area contributed by atoms with Gasteiger partial charge in [0, 0.05) is 5.69 Å². The lowest BCUT2D eigenvalue weighted by Gasteiger charge is -2.15. The minimum atomic E-state index is -3.82. The van der Waals surface area contributed by atoms with E-state index in [1.54, 1.807) is 19.1 Å². The molecule has 0 atom stereocenters. The Balaban J connectivity index is 2.44. The van der Waals surface area contributed by atoms with Gasteiger partial charge in [0.1, 0.15) is 16.5 Å². The average molecular weight is 323 g/mol. The van der Waals surface area contributed by atoms with Crippen molar-refractivity contribution >= 4 is 15.7 Å². The quantitative estimate of drug-likeness (QED) is 0.914. The van der Waals surface area contributed by atoms with Gasteiger partial charge in [-0.05, 0) is 68.3 Å². The number of hydrogen-bond donors (Lipinski definition) is 1. The van der Waals surface area contributed by atoms with E-state index in [-0.39, 0.29) is 4.90 Å². The Kier molecular flexibility index (Phi) is 4.71. The number of nitrogens with one attached hydrogen (secondary N) is 1. The Morgan fingerprint density at radius 2 is 1.68 bits per heavy atom. The average Bonchev–Trinajstić information content (AvgIpc) is 2.45. The first-order chi connectivity index (χ1) is 10.3. The second kappa shape index (κ2) is 6.36. The van der Waals surface area contributed by atoms with Crippen molar-refractivity contribution in [3.63, 3.8) is 0 Å². The first kappa shape index (κ1) is 16.3. The molecule has 4 nitrogen and oxygen atoms in total. The van der Waals surface area contributed by atoms with E-state index < -0.39 is 15.8 Å². The van der Waals surface area contributed by atoms with Gasteiger partial charge in [-0.25, -0.2) is 12.8 Å². The van der Waals surface area contributed by atoms with E-state index in [9.17, 15) is 12.8 Å². The van der Waals surface area contributed by atoms with Crippen molar-refractivity contribution in [2.75, 3.05) is 11.3 Å². The molecule has 2 rings (SSSR count). The Labute approximate surface area is 130 Å². The van der Waals surface area contributed by atoms with Crippen LogP contribution < -0.4 is 9.46 Å². The van der Waals surface area contributed by atoms with Gasteiger partial charge in [-0.3, -0.25) is 4.72 Å². The lowest BCUT2D eigenvalue weighted by Crippen LogP contribution is -2.15. The van der Waals surface area contributed by atoms with Crippen molar-refractivity contribution in [2.24, 2.45) is 0 Å². The summed E-state index contributed by atoms with van der Waals surface area (Å²) in [6.45, 7) is 5.88. The number of hydrogen-bond acceptors (Lipinski definition) is 3. The fourth-order valence-corrected chi connectivity index (χ4v) is 3.24. The zero-order valence-corrected chi connectivity index (χ0v) is 13.5. The highest BCUT2D eigenvalue weighted by molar-refractivity contribution is 7.92. The Morgan fingerprint density at radius 1 is 1.09 bits per heavy atom. The molecule has 0 bridgehead atoms. The highest BCUT2D eigenvalue weighted by Gasteiger charge is 2.21. The summed E-state index contributed by atoms with van der Waals surface area (Å²) in [6.07, 6.45) is 0. The van der Waals surface area contributed by atoms with Crippen LogP contribution in [0.25, 0.3) is 0 Å². The molecule has 6 heteroatoms. The van der Waals surface area contributed by atoms with E-state index in [1.807, 2.05) is 13.8 Å². The summed E-state index contributed by atoms with van der Waals surface area (Å²) < 4.78 is 45.9. The Morgan fingerprint density at radius 3 is 2.27 bits per heavy atom. The van der Waals surface area contributed by atoms with Crippen molar-refractivity contribution in [2.45, 2.75) is 25.7 Å². The second-order valence-corrected chi connectivity index (χ2v) is 6.58. The smallest absolute Gasteiger partial charge is 0.265 e. The standard InChI is InChI=1S/C16H18FNO3S/c1-4-21-15-9-11(2)12(3)10-16(15)22(19,20)18-14-7-5-13(17)6-8-14/h5-10,18H,4H2,1-3H3. The molecule has 118 valence electrons. The highest BCUT2D eigenvalue weighted by Crippen LogP contribution is 2.29. The molecule has 0 fully saturated rings. The largest absolute Gasteiger partial charge is 0.492 e. The second-order valence-electron chi connectivity index (χ2n) is 4.93. The third-order valence-corrected chi connectivity index (χ3v) is 4.65. The molecule has 2 aromatic rings. The van der Waals surface area contributed by atoms with Crippen LogP contribution in [0.4, 0.5) is 10.1 Å². The number of halogens is 1. The number of anilines is 1. The monoisotopic (exact) mass is 323 g/mol. The molecule has 0 amide bonds. The third kappa shape index (κ3) is 3.57. The summed E-state index contributed by atoms with van der Waals surface area (Å²) in [5.74, 6) is -0.121. The normalized spacial score (nSPS) is 11.3. The van der Waals surface area contributed by atoms with E-state index in [0.717, 1.165) is 11.1 Å². The zero-order valence-electron chi connectivity index (χ0n) is 12.7. The fourth-order valence-electron chi connectivity index (χ4n) is 1.97. The van der Waals surface area contributed by atoms with E-state index in [0.29, 0.717) is 18.0 Å². The minimum absolute atomic E-state index is 0.0711. The van der Waals surface area contributed by atoms with E-state index in [1.165, 1.54) is 24.3 Å². The number of rotatable bonds is 5. The molecule has 0 aromatic heterocycles. The van der Waals surface area contributed by atoms with Gasteiger partial charge in [0.15, 0.2) is 0 Å². The molecule has 0 unspecified atom stereocenters. The van der Waals surface area contributed by atoms with Crippen LogP contribution >= 0.6 is 0 Å². The predicted molar refractivity (Wildman–Crippen MR) is 84.3 cm³/mol. The van der Waals surface area contributed by atoms with Crippen molar-refractivity contribution in [1.82, 2.24) is 0 Å². The number of aryl methyl sites for hydroxylation is 2. The zero-order chi connectivity index (χ0) is 16.3. The SMILES string of the molecule is CCOc1cc(C)c(C)cc1S(=O)(=O)Nc1ccc(F)cc1. The van der Waals surface area contributed by atoms with Crippen molar-refractivity contribution in [3.05, 3.63) is 53.3 Å². The molecule has 0 aliphatic heterocycles. The van der Waals surface area contributed by atoms with Crippen molar-refractivity contribution in [1.29, 1.82) is 0 Å². The summed E-state index contributed by atoms with van der Waals surface area (Å²) in [6, 6.07) is 8.41. The summed E-state index contributed by atoms with van der Waals surface area (Å²) in [7, 11) is -3.82. The maximum Gasteiger partial charge on any atom is 0.265 e. The molecule has 1 N–H and O–H groups in total. The predicted octanol–water partition coefficient (Wildman–Crippen LogP) is 3.64. The summed E-state index contributed by atoms with van der Waals surface area (Å²) >= 11 is 0. The van der Waals surface area contributed by atoms with Gasteiger partial charge in [0.25, 0.3) is 10.0 Å². The van der Waals surface area contributed by atoms with Gasteiger partial charge in [0.05, 0.1) is 6.61 Å². The topological polar surface area (TPSA) is 55.4 Å². The molecular formula is C16H18FNO3S. The molecule has 2 aromatic carbocycles. The first-order valence-electron chi connectivity index (χ1n) is 6.86. The Bertz CT molecular complexity index is 771. The van der Waals surface area contributed by atoms with Gasteiger partial charge in [0.2, 0.25) is 0 Å². The van der Waals surface area contributed by atoms with Crippen LogP contribution in [0.15, 0.2) is 41.3 Å². The molecule has 0 spiro atoms. The lowest BCUT2D eigenvalue weighted by atomic mass is 10.1. The highest BCUT2D eigenvalue weighted by atomic mass is 32.2. The number of benzene rings is 2. The van der Waals surface area contributed by atoms with E-state index >= 15 is 0 Å². The van der Waals surface area contributed by atoms with Crippen molar-refractivity contribution in [3.8, 4) is 5.75 Å². The van der Waals surface area contributed by atoms with Crippen LogP contribution in [-0.4, -0.2) is 15.0 Å². The molecule has 0 aliphatic carbocycles. The minimum Gasteiger partial charge on any atom is -0.492 e. The number of ether oxygens (including phenoxy) is 1. The molecule has 0 aliphatic rings. The van der Waals surface area contributed by atoms with E-state index in [4.69, 9.17) is 4.74 Å². The molecule has 0 saturated carbocycles. The van der Waals surface area contributed by atoms with Gasteiger partial charge in [-0.1, -0.05) is 0 Å². The van der Waals surface area contributed by atoms with Crippen LogP contribution in [-0.2, 0) is 10.0 Å². The fraction of sp³-hybridized carbons (Fsp3) is 0.250. The molecule has 0 heterocycles. The van der Waals surface area contributed by atoms with Crippen LogP contribution in [0, 0.1) is 19.7 Å². The molecule has 22 heavy (non-hydrogen) atoms. The molecule has 0 radical (unpaired) electrons. The summed E-state index contributed by atoms with van der Waals surface area (Å²) in [5, 5.41) is 0. The summed E-state index contributed by atoms with van der Waals surface area (Å²) in [4.78, 5) is 0.0711. The maximum atomic E-state index is 12.9. The lowest BCUT2D eigenvalue weighted by molar-refractivity contribution is 0.331. The molecular weight excluding hydrogens is 305 g/mol. The summed E-state index contributed by atoms with van der Waals surface area (Å²) in [5.41, 5.74) is 2.09. The van der Waals surface area contributed by atoms with E-state index in [2.05, 4.69) is 4.72 Å². The number of sulfonamides is 1. The van der Waals surface area contributed by atoms with Crippen molar-refractivity contribution < 1.29 is 17.5 Å². The van der Waals surface area contributed by atoms with Gasteiger partial charge < -0.3 is 4.74 Å². The van der Waals surface area contributed by atoms with Crippen LogP contribution in [0.2, 0.25) is 0 Å². The first-order valence-corrected chi connectivity index (χ1v) is 8.34. The third-order valence-electron chi connectivity index (χ3n) is 3.25. The molecule has 0 saturated heterocycles. The van der Waals surface area contributed by atoms with Crippen LogP contribution in [0.5, 0.6) is 5.75 Å². The maximum absolute atomic E-state index is 12.9. The van der Waals surface area contributed by atoms with Gasteiger partial charge >= 0.3 is 0 Å².